The number of ether oxygens (including phenoxy) is 2. The summed E-state index contributed by atoms with van der Waals surface area (Å²) < 4.78 is 9.58. The summed E-state index contributed by atoms with van der Waals surface area (Å²) in [5.41, 5.74) is 0. The van der Waals surface area contributed by atoms with Crippen molar-refractivity contribution in [3.63, 3.8) is 0 Å². The molecule has 1 saturated heterocycles. The quantitative estimate of drug-likeness (QED) is 0.529. The SMILES string of the molecule is CC(=O)O[C@@H]1C[C@@H](CO)OC1O. The molecule has 0 spiro atoms. The largest absolute Gasteiger partial charge is 0.457 e. The number of hydrogen-bond donors (Lipinski definition) is 2. The molecule has 1 aliphatic heterocycles. The highest BCUT2D eigenvalue weighted by atomic mass is 16.7. The topological polar surface area (TPSA) is 76.0 Å². The molecule has 1 heterocycles. The molecule has 0 bridgehead atoms. The molecule has 2 N–H and O–H groups in total. The Kier molecular flexibility index (Phi) is 3.02. The first-order valence-corrected chi connectivity index (χ1v) is 3.75. The number of carbonyl (C=O) groups excluding carboxylic acids is 1. The average molecular weight is 176 g/mol. The minimum Gasteiger partial charge on any atom is -0.457 e. The third kappa shape index (κ3) is 2.17. The van der Waals surface area contributed by atoms with E-state index in [2.05, 4.69) is 0 Å². The molecule has 12 heavy (non-hydrogen) atoms. The van der Waals surface area contributed by atoms with Crippen LogP contribution in [0.3, 0.4) is 0 Å². The minimum absolute atomic E-state index is 0.172. The van der Waals surface area contributed by atoms with Gasteiger partial charge in [0.25, 0.3) is 0 Å². The molecule has 0 aromatic heterocycles. The van der Waals surface area contributed by atoms with E-state index in [9.17, 15) is 4.79 Å². The van der Waals surface area contributed by atoms with Gasteiger partial charge in [0.15, 0.2) is 12.4 Å². The molecule has 1 fully saturated rings. The summed E-state index contributed by atoms with van der Waals surface area (Å²) in [6.45, 7) is 1.09. The summed E-state index contributed by atoms with van der Waals surface area (Å²) in [7, 11) is 0. The van der Waals surface area contributed by atoms with E-state index < -0.39 is 24.5 Å². The summed E-state index contributed by atoms with van der Waals surface area (Å²) in [4.78, 5) is 10.5. The van der Waals surface area contributed by atoms with Crippen molar-refractivity contribution in [1.82, 2.24) is 0 Å². The van der Waals surface area contributed by atoms with E-state index in [0.29, 0.717) is 6.42 Å². The molecule has 0 radical (unpaired) electrons. The van der Waals surface area contributed by atoms with E-state index in [1.54, 1.807) is 0 Å². The normalized spacial score (nSPS) is 35.1. The maximum atomic E-state index is 10.5. The molecule has 0 amide bonds. The molecule has 0 aromatic rings. The summed E-state index contributed by atoms with van der Waals surface area (Å²) in [6, 6.07) is 0. The highest BCUT2D eigenvalue weighted by Crippen LogP contribution is 2.21. The van der Waals surface area contributed by atoms with Crippen LogP contribution >= 0.6 is 0 Å². The predicted molar refractivity (Wildman–Crippen MR) is 38.1 cm³/mol. The van der Waals surface area contributed by atoms with Crippen molar-refractivity contribution in [1.29, 1.82) is 0 Å². The van der Waals surface area contributed by atoms with E-state index >= 15 is 0 Å². The lowest BCUT2D eigenvalue weighted by atomic mass is 10.2. The van der Waals surface area contributed by atoms with Crippen LogP contribution in [0.2, 0.25) is 0 Å². The molecule has 70 valence electrons. The van der Waals surface area contributed by atoms with Crippen LogP contribution in [0.4, 0.5) is 0 Å². The molecule has 0 aromatic carbocycles. The lowest BCUT2D eigenvalue weighted by molar-refractivity contribution is -0.168. The van der Waals surface area contributed by atoms with Crippen LogP contribution in [-0.4, -0.2) is 41.3 Å². The fraction of sp³-hybridized carbons (Fsp3) is 0.857. The number of carbonyl (C=O) groups is 1. The van der Waals surface area contributed by atoms with Gasteiger partial charge in [-0.3, -0.25) is 4.79 Å². The zero-order chi connectivity index (χ0) is 9.14. The Labute approximate surface area is 69.9 Å². The highest BCUT2D eigenvalue weighted by Gasteiger charge is 2.35. The molecule has 5 heteroatoms. The Morgan fingerprint density at radius 1 is 1.75 bits per heavy atom. The maximum Gasteiger partial charge on any atom is 0.303 e. The lowest BCUT2D eigenvalue weighted by Gasteiger charge is -2.11. The lowest BCUT2D eigenvalue weighted by Crippen LogP contribution is -2.25. The predicted octanol–water partition coefficient (Wildman–Crippen LogP) is -0.982. The molecule has 1 rings (SSSR count). The van der Waals surface area contributed by atoms with Crippen LogP contribution in [0.15, 0.2) is 0 Å². The number of aliphatic hydroxyl groups excluding tert-OH is 2. The maximum absolute atomic E-state index is 10.5. The van der Waals surface area contributed by atoms with Crippen molar-refractivity contribution in [3.8, 4) is 0 Å². The second kappa shape index (κ2) is 3.84. The van der Waals surface area contributed by atoms with Gasteiger partial charge in [0.2, 0.25) is 0 Å². The van der Waals surface area contributed by atoms with Crippen molar-refractivity contribution < 1.29 is 24.5 Å². The van der Waals surface area contributed by atoms with Crippen molar-refractivity contribution in [2.24, 2.45) is 0 Å². The van der Waals surface area contributed by atoms with Gasteiger partial charge in [0, 0.05) is 13.3 Å². The van der Waals surface area contributed by atoms with E-state index in [-0.39, 0.29) is 6.61 Å². The highest BCUT2D eigenvalue weighted by molar-refractivity contribution is 5.66. The fourth-order valence-corrected chi connectivity index (χ4v) is 1.15. The van der Waals surface area contributed by atoms with Crippen LogP contribution in [0.25, 0.3) is 0 Å². The molecule has 1 aliphatic rings. The number of hydrogen-bond acceptors (Lipinski definition) is 5. The number of aliphatic hydroxyl groups is 2. The summed E-state index contributed by atoms with van der Waals surface area (Å²) in [6.07, 6.45) is -1.83. The van der Waals surface area contributed by atoms with Crippen LogP contribution in [-0.2, 0) is 14.3 Å². The van der Waals surface area contributed by atoms with E-state index in [1.807, 2.05) is 0 Å². The summed E-state index contributed by atoms with van der Waals surface area (Å²) in [5.74, 6) is -0.457. The summed E-state index contributed by atoms with van der Waals surface area (Å²) >= 11 is 0. The van der Waals surface area contributed by atoms with Crippen molar-refractivity contribution in [2.75, 3.05) is 6.61 Å². The second-order valence-corrected chi connectivity index (χ2v) is 2.71. The Hall–Kier alpha value is -0.650. The monoisotopic (exact) mass is 176 g/mol. The van der Waals surface area contributed by atoms with Crippen LogP contribution in [0.1, 0.15) is 13.3 Å². The Morgan fingerprint density at radius 3 is 2.83 bits per heavy atom. The van der Waals surface area contributed by atoms with Gasteiger partial charge < -0.3 is 19.7 Å². The van der Waals surface area contributed by atoms with Gasteiger partial charge in [-0.05, 0) is 0 Å². The average Bonchev–Trinajstić information content (AvgIpc) is 2.31. The smallest absolute Gasteiger partial charge is 0.303 e. The molecular formula is C7H12O5. The van der Waals surface area contributed by atoms with Gasteiger partial charge in [0.05, 0.1) is 12.7 Å². The molecular weight excluding hydrogens is 164 g/mol. The first-order valence-electron chi connectivity index (χ1n) is 3.75. The van der Waals surface area contributed by atoms with Crippen molar-refractivity contribution >= 4 is 5.97 Å². The molecule has 1 unspecified atom stereocenters. The zero-order valence-electron chi connectivity index (χ0n) is 6.77. The molecule has 3 atom stereocenters. The molecule has 0 saturated carbocycles. The Morgan fingerprint density at radius 2 is 2.42 bits per heavy atom. The van der Waals surface area contributed by atoms with Crippen LogP contribution < -0.4 is 0 Å². The van der Waals surface area contributed by atoms with Gasteiger partial charge in [-0.1, -0.05) is 0 Å². The van der Waals surface area contributed by atoms with Crippen LogP contribution in [0, 0.1) is 0 Å². The first-order chi connectivity index (χ1) is 5.63. The first kappa shape index (κ1) is 9.44. The van der Waals surface area contributed by atoms with E-state index in [1.165, 1.54) is 6.92 Å². The molecule has 0 aliphatic carbocycles. The standard InChI is InChI=1S/C7H12O5/c1-4(9)11-6-2-5(3-8)12-7(6)10/h5-8,10H,2-3H2,1H3/t5-,6+,7?/m0/s1. The Bertz CT molecular complexity index is 169. The zero-order valence-corrected chi connectivity index (χ0v) is 6.77. The Balaban J connectivity index is 2.40. The van der Waals surface area contributed by atoms with E-state index in [4.69, 9.17) is 19.7 Å². The van der Waals surface area contributed by atoms with Crippen molar-refractivity contribution in [2.45, 2.75) is 31.8 Å². The number of rotatable bonds is 2. The third-order valence-corrected chi connectivity index (χ3v) is 1.67. The number of esters is 1. The fourth-order valence-electron chi connectivity index (χ4n) is 1.15. The van der Waals surface area contributed by atoms with E-state index in [0.717, 1.165) is 0 Å². The van der Waals surface area contributed by atoms with Gasteiger partial charge in [-0.25, -0.2) is 0 Å². The third-order valence-electron chi connectivity index (χ3n) is 1.67. The second-order valence-electron chi connectivity index (χ2n) is 2.71. The molecule has 5 nitrogen and oxygen atoms in total. The van der Waals surface area contributed by atoms with Gasteiger partial charge in [-0.15, -0.1) is 0 Å². The van der Waals surface area contributed by atoms with Gasteiger partial charge >= 0.3 is 5.97 Å². The van der Waals surface area contributed by atoms with Crippen molar-refractivity contribution in [3.05, 3.63) is 0 Å². The summed E-state index contributed by atoms with van der Waals surface area (Å²) in [5, 5.41) is 17.8. The minimum atomic E-state index is -1.11. The van der Waals surface area contributed by atoms with Crippen LogP contribution in [0.5, 0.6) is 0 Å². The van der Waals surface area contributed by atoms with Gasteiger partial charge in [0.1, 0.15) is 0 Å². The van der Waals surface area contributed by atoms with Gasteiger partial charge in [-0.2, -0.15) is 0 Å².